The van der Waals surface area contributed by atoms with Crippen LogP contribution in [0.5, 0.6) is 0 Å². The number of aromatic amines is 1. The summed E-state index contributed by atoms with van der Waals surface area (Å²) in [4.78, 5) is 15.0. The van der Waals surface area contributed by atoms with Gasteiger partial charge in [0.1, 0.15) is 5.69 Å². The standard InChI is InChI=1S/C14H18N2O2/c1-8-4-5-12-11(10(8)3)6-13(16-12)14(18)15-7-9(2)17/h4-6,9,16-17H,7H2,1-3H3,(H,15,18). The summed E-state index contributed by atoms with van der Waals surface area (Å²) in [5, 5.41) is 12.9. The number of hydrogen-bond acceptors (Lipinski definition) is 2. The Hall–Kier alpha value is -1.81. The molecule has 1 heterocycles. The molecule has 2 aromatic rings. The van der Waals surface area contributed by atoms with Crippen LogP contribution in [-0.4, -0.2) is 28.6 Å². The van der Waals surface area contributed by atoms with Crippen LogP contribution in [0.4, 0.5) is 0 Å². The molecule has 96 valence electrons. The first-order valence-corrected chi connectivity index (χ1v) is 6.04. The smallest absolute Gasteiger partial charge is 0.267 e. The average molecular weight is 246 g/mol. The van der Waals surface area contributed by atoms with Gasteiger partial charge in [-0.1, -0.05) is 6.07 Å². The fourth-order valence-corrected chi connectivity index (χ4v) is 1.92. The van der Waals surface area contributed by atoms with Crippen LogP contribution >= 0.6 is 0 Å². The van der Waals surface area contributed by atoms with Gasteiger partial charge in [-0.3, -0.25) is 4.79 Å². The Morgan fingerprint density at radius 3 is 2.83 bits per heavy atom. The third-order valence-corrected chi connectivity index (χ3v) is 3.15. The van der Waals surface area contributed by atoms with Crippen molar-refractivity contribution < 1.29 is 9.90 Å². The van der Waals surface area contributed by atoms with Gasteiger partial charge in [-0.05, 0) is 44.0 Å². The lowest BCUT2D eigenvalue weighted by atomic mass is 10.1. The number of aliphatic hydroxyl groups is 1. The van der Waals surface area contributed by atoms with Crippen molar-refractivity contribution in [3.63, 3.8) is 0 Å². The van der Waals surface area contributed by atoms with Crippen molar-refractivity contribution in [2.45, 2.75) is 26.9 Å². The summed E-state index contributed by atoms with van der Waals surface area (Å²) >= 11 is 0. The molecule has 1 aromatic heterocycles. The molecule has 3 N–H and O–H groups in total. The van der Waals surface area contributed by atoms with Crippen LogP contribution in [0.3, 0.4) is 0 Å². The topological polar surface area (TPSA) is 65.1 Å². The first-order valence-electron chi connectivity index (χ1n) is 6.04. The Labute approximate surface area is 106 Å². The predicted molar refractivity (Wildman–Crippen MR) is 71.8 cm³/mol. The maximum absolute atomic E-state index is 11.9. The SMILES string of the molecule is Cc1ccc2[nH]c(C(=O)NCC(C)O)cc2c1C. The Bertz CT molecular complexity index is 585. The second-order valence-electron chi connectivity index (χ2n) is 4.71. The summed E-state index contributed by atoms with van der Waals surface area (Å²) in [6.07, 6.45) is -0.540. The van der Waals surface area contributed by atoms with E-state index in [1.807, 2.05) is 25.1 Å². The maximum atomic E-state index is 11.9. The lowest BCUT2D eigenvalue weighted by molar-refractivity contribution is 0.0920. The number of hydrogen-bond donors (Lipinski definition) is 3. The zero-order valence-corrected chi connectivity index (χ0v) is 10.9. The molecule has 0 saturated heterocycles. The fraction of sp³-hybridized carbons (Fsp3) is 0.357. The molecule has 4 heteroatoms. The van der Waals surface area contributed by atoms with Gasteiger partial charge in [-0.25, -0.2) is 0 Å². The quantitative estimate of drug-likeness (QED) is 0.774. The van der Waals surface area contributed by atoms with Gasteiger partial charge in [0, 0.05) is 17.4 Å². The van der Waals surface area contributed by atoms with Crippen molar-refractivity contribution >= 4 is 16.8 Å². The van der Waals surface area contributed by atoms with E-state index in [0.29, 0.717) is 5.69 Å². The van der Waals surface area contributed by atoms with E-state index in [9.17, 15) is 4.79 Å². The minimum Gasteiger partial charge on any atom is -0.392 e. The third kappa shape index (κ3) is 2.38. The van der Waals surface area contributed by atoms with Crippen LogP contribution in [0.1, 0.15) is 28.5 Å². The number of benzene rings is 1. The number of aromatic nitrogens is 1. The van der Waals surface area contributed by atoms with Gasteiger partial charge in [0.25, 0.3) is 5.91 Å². The van der Waals surface area contributed by atoms with Gasteiger partial charge in [0.15, 0.2) is 0 Å². The first-order chi connectivity index (χ1) is 8.49. The normalized spacial score (nSPS) is 12.7. The number of fused-ring (bicyclic) bond motifs is 1. The van der Waals surface area contributed by atoms with Crippen LogP contribution in [0.25, 0.3) is 10.9 Å². The molecule has 2 rings (SSSR count). The zero-order valence-electron chi connectivity index (χ0n) is 10.9. The summed E-state index contributed by atoms with van der Waals surface area (Å²) in [7, 11) is 0. The highest BCUT2D eigenvalue weighted by molar-refractivity contribution is 5.99. The lowest BCUT2D eigenvalue weighted by Crippen LogP contribution is -2.30. The Kier molecular flexibility index (Phi) is 3.39. The van der Waals surface area contributed by atoms with Crippen molar-refractivity contribution in [3.8, 4) is 0 Å². The van der Waals surface area contributed by atoms with Crippen LogP contribution in [0, 0.1) is 13.8 Å². The molecule has 1 aromatic carbocycles. The number of rotatable bonds is 3. The number of amides is 1. The molecule has 0 aliphatic heterocycles. The lowest BCUT2D eigenvalue weighted by Gasteiger charge is -2.05. The largest absolute Gasteiger partial charge is 0.392 e. The maximum Gasteiger partial charge on any atom is 0.267 e. The number of carbonyl (C=O) groups excluding carboxylic acids is 1. The number of carbonyl (C=O) groups is 1. The summed E-state index contributed by atoms with van der Waals surface area (Å²) in [5.74, 6) is -0.191. The second kappa shape index (κ2) is 4.82. The summed E-state index contributed by atoms with van der Waals surface area (Å²) in [5.41, 5.74) is 3.87. The monoisotopic (exact) mass is 246 g/mol. The minimum atomic E-state index is -0.540. The molecule has 0 bridgehead atoms. The average Bonchev–Trinajstić information content (AvgIpc) is 2.75. The molecule has 18 heavy (non-hydrogen) atoms. The highest BCUT2D eigenvalue weighted by Crippen LogP contribution is 2.22. The summed E-state index contributed by atoms with van der Waals surface area (Å²) in [6, 6.07) is 5.86. The second-order valence-corrected chi connectivity index (χ2v) is 4.71. The van der Waals surface area contributed by atoms with Crippen LogP contribution in [0.2, 0.25) is 0 Å². The van der Waals surface area contributed by atoms with E-state index in [1.165, 1.54) is 11.1 Å². The van der Waals surface area contributed by atoms with E-state index in [4.69, 9.17) is 5.11 Å². The summed E-state index contributed by atoms with van der Waals surface area (Å²) < 4.78 is 0. The first kappa shape index (κ1) is 12.6. The molecule has 0 radical (unpaired) electrons. The van der Waals surface area contributed by atoms with E-state index in [0.717, 1.165) is 10.9 Å². The minimum absolute atomic E-state index is 0.191. The summed E-state index contributed by atoms with van der Waals surface area (Å²) in [6.45, 7) is 5.99. The molecular weight excluding hydrogens is 228 g/mol. The van der Waals surface area contributed by atoms with Crippen LogP contribution in [-0.2, 0) is 0 Å². The van der Waals surface area contributed by atoms with Crippen molar-refractivity contribution in [1.29, 1.82) is 0 Å². The van der Waals surface area contributed by atoms with Gasteiger partial charge < -0.3 is 15.4 Å². The van der Waals surface area contributed by atoms with E-state index in [1.54, 1.807) is 6.92 Å². The van der Waals surface area contributed by atoms with Gasteiger partial charge in [-0.15, -0.1) is 0 Å². The Morgan fingerprint density at radius 1 is 1.44 bits per heavy atom. The molecule has 0 aliphatic rings. The molecular formula is C14H18N2O2. The molecule has 0 saturated carbocycles. The molecule has 1 atom stereocenters. The van der Waals surface area contributed by atoms with Gasteiger partial charge in [0.2, 0.25) is 0 Å². The zero-order chi connectivity index (χ0) is 13.3. The van der Waals surface area contributed by atoms with Crippen molar-refractivity contribution in [3.05, 3.63) is 35.0 Å². The Balaban J connectivity index is 2.30. The number of aryl methyl sites for hydroxylation is 2. The molecule has 0 aliphatic carbocycles. The van der Waals surface area contributed by atoms with E-state index in [2.05, 4.69) is 17.2 Å². The number of H-pyrrole nitrogens is 1. The van der Waals surface area contributed by atoms with Gasteiger partial charge in [0.05, 0.1) is 6.10 Å². The van der Waals surface area contributed by atoms with Crippen LogP contribution < -0.4 is 5.32 Å². The van der Waals surface area contributed by atoms with Gasteiger partial charge >= 0.3 is 0 Å². The van der Waals surface area contributed by atoms with E-state index < -0.39 is 6.10 Å². The third-order valence-electron chi connectivity index (χ3n) is 3.15. The van der Waals surface area contributed by atoms with E-state index in [-0.39, 0.29) is 12.5 Å². The molecule has 1 amide bonds. The predicted octanol–water partition coefficient (Wildman–Crippen LogP) is 1.90. The fourth-order valence-electron chi connectivity index (χ4n) is 1.92. The number of nitrogens with one attached hydrogen (secondary N) is 2. The molecule has 1 unspecified atom stereocenters. The van der Waals surface area contributed by atoms with Crippen molar-refractivity contribution in [1.82, 2.24) is 10.3 Å². The molecule has 0 spiro atoms. The van der Waals surface area contributed by atoms with Crippen molar-refractivity contribution in [2.24, 2.45) is 0 Å². The van der Waals surface area contributed by atoms with Gasteiger partial charge in [-0.2, -0.15) is 0 Å². The highest BCUT2D eigenvalue weighted by Gasteiger charge is 2.11. The Morgan fingerprint density at radius 2 is 2.17 bits per heavy atom. The van der Waals surface area contributed by atoms with Crippen LogP contribution in [0.15, 0.2) is 18.2 Å². The number of aliphatic hydroxyl groups excluding tert-OH is 1. The molecule has 4 nitrogen and oxygen atoms in total. The highest BCUT2D eigenvalue weighted by atomic mass is 16.3. The van der Waals surface area contributed by atoms with E-state index >= 15 is 0 Å². The molecule has 0 fully saturated rings. The van der Waals surface area contributed by atoms with Crippen molar-refractivity contribution in [2.75, 3.05) is 6.54 Å².